The van der Waals surface area contributed by atoms with Crippen LogP contribution >= 0.6 is 0 Å². The lowest BCUT2D eigenvalue weighted by atomic mass is 10.0. The van der Waals surface area contributed by atoms with Gasteiger partial charge in [-0.3, -0.25) is 0 Å². The van der Waals surface area contributed by atoms with Gasteiger partial charge in [0, 0.05) is 0 Å². The summed E-state index contributed by atoms with van der Waals surface area (Å²) >= 11 is 0. The molecule has 0 rings (SSSR count). The van der Waals surface area contributed by atoms with E-state index >= 15 is 0 Å². The van der Waals surface area contributed by atoms with Crippen LogP contribution in [0.4, 0.5) is 158 Å². The molecule has 0 atom stereocenters. The minimum absolute atomic E-state index is 0.840. The Morgan fingerprint density at radius 1 is 0.158 bits per heavy atom. The molecule has 0 heterocycles. The summed E-state index contributed by atoms with van der Waals surface area (Å²) in [5.41, 5.74) is -40.6. The molecule has 0 radical (unpaired) electrons. The van der Waals surface area contributed by atoms with Crippen LogP contribution in [0.5, 0.6) is 0 Å². The second-order valence-electron chi connectivity index (χ2n) is 9.61. The van der Waals surface area contributed by atoms with Gasteiger partial charge in [-0.1, -0.05) is 0 Å². The van der Waals surface area contributed by atoms with Gasteiger partial charge < -0.3 is 17.7 Å². The Morgan fingerprint density at radius 2 is 0.228 bits per heavy atom. The maximum absolute atomic E-state index is 13.6. The smallest absolute Gasteiger partial charge is 0.320 e. The molecule has 0 aromatic rings. The Kier molecular flexibility index (Phi) is 13.2. The minimum Gasteiger partial charge on any atom is -0.320 e. The average molecular weight is 968 g/mol. The van der Waals surface area contributed by atoms with E-state index in [9.17, 15) is 158 Å². The lowest BCUT2D eigenvalue weighted by molar-refractivity contribution is -0.500. The van der Waals surface area contributed by atoms with Crippen molar-refractivity contribution in [2.45, 2.75) is 96.5 Å². The van der Waals surface area contributed by atoms with E-state index in [2.05, 4.69) is 0 Å². The maximum Gasteiger partial charge on any atom is 0.684 e. The van der Waals surface area contributed by atoms with Crippen LogP contribution < -0.4 is 0 Å². The van der Waals surface area contributed by atoms with E-state index in [-0.39, 0.29) is 0 Å². The highest BCUT2D eigenvalue weighted by Gasteiger charge is 2.98. The van der Waals surface area contributed by atoms with Gasteiger partial charge in [0.1, 0.15) is 0 Å². The number of alkyl halides is 36. The zero-order valence-corrected chi connectivity index (χ0v) is 24.7. The van der Waals surface area contributed by atoms with Crippen molar-refractivity contribution in [3.63, 3.8) is 0 Å². The zero-order chi connectivity index (χ0) is 47.3. The first-order valence-electron chi connectivity index (χ1n) is 11.4. The SMILES string of the molecule is FC(F)(F)C(O[Si](OC(C(F)(F)F)(C(F)(F)F)C(F)(F)F)(OC(C(F)(F)F)(C(F)(F)F)C(F)(F)F)OC(C(F)(F)F)(C(F)(F)F)C(F)(F)F)(C(F)(F)F)C(F)(F)F. The second kappa shape index (κ2) is 13.8. The third-order valence-corrected chi connectivity index (χ3v) is 8.13. The molecule has 0 bridgehead atoms. The summed E-state index contributed by atoms with van der Waals surface area (Å²) in [5, 5.41) is 0. The van der Waals surface area contributed by atoms with Gasteiger partial charge in [0.2, 0.25) is 0 Å². The molecule has 0 aliphatic heterocycles. The molecular formula is C16F36O4Si. The van der Waals surface area contributed by atoms with Crippen LogP contribution in [-0.2, 0) is 17.7 Å². The first kappa shape index (κ1) is 54.5. The van der Waals surface area contributed by atoms with E-state index in [1.165, 1.54) is 0 Å². The Balaban J connectivity index is 10.6. The maximum atomic E-state index is 13.6. The van der Waals surface area contributed by atoms with Gasteiger partial charge in [-0.05, 0) is 0 Å². The molecule has 0 saturated heterocycles. The van der Waals surface area contributed by atoms with Gasteiger partial charge in [0.25, 0.3) is 0 Å². The van der Waals surface area contributed by atoms with E-state index in [1.54, 1.807) is 0 Å². The lowest BCUT2D eigenvalue weighted by Crippen LogP contribution is -2.83. The minimum atomic E-state index is -13.3. The molecule has 0 unspecified atom stereocenters. The van der Waals surface area contributed by atoms with Crippen LogP contribution in [0.1, 0.15) is 0 Å². The van der Waals surface area contributed by atoms with E-state index in [4.69, 9.17) is 0 Å². The number of hydrogen-bond acceptors (Lipinski definition) is 4. The standard InChI is InChI=1S/C16F36O4Si/c17-5(18,19)1(6(20,21)22,7(23,24)25)53-57(54-2(8(26,27)28,9(29,30)31)10(32,33)34,55-3(11(35,36)37,12(38,39)40)13(41,42)43)56-4(14(44,45)46,15(47,48)49)16(50,51)52. The molecule has 0 aromatic heterocycles. The highest BCUT2D eigenvalue weighted by molar-refractivity contribution is 6.54. The third kappa shape index (κ3) is 8.47. The molecule has 0 N–H and O–H groups in total. The third-order valence-electron chi connectivity index (χ3n) is 5.90. The van der Waals surface area contributed by atoms with Gasteiger partial charge in [-0.25, -0.2) is 0 Å². The van der Waals surface area contributed by atoms with Crippen LogP contribution in [-0.4, -0.2) is 106 Å². The Hall–Kier alpha value is -2.46. The number of rotatable bonds is 8. The molecule has 4 nitrogen and oxygen atoms in total. The second-order valence-corrected chi connectivity index (χ2v) is 11.4. The summed E-state index contributed by atoms with van der Waals surface area (Å²) in [5.74, 6) is 0. The summed E-state index contributed by atoms with van der Waals surface area (Å²) in [6, 6.07) is 0. The van der Waals surface area contributed by atoms with E-state index < -0.39 is 106 Å². The molecule has 0 amide bonds. The first-order chi connectivity index (χ1) is 23.8. The molecule has 0 aromatic carbocycles. The van der Waals surface area contributed by atoms with Gasteiger partial charge in [0.15, 0.2) is 0 Å². The predicted octanol–water partition coefficient (Wildman–Crippen LogP) is 11.2. The van der Waals surface area contributed by atoms with Gasteiger partial charge in [-0.15, -0.1) is 0 Å². The van der Waals surface area contributed by atoms with Crippen LogP contribution in [0.15, 0.2) is 0 Å². The molecule has 0 aliphatic rings. The predicted molar refractivity (Wildman–Crippen MR) is 93.7 cm³/mol. The summed E-state index contributed by atoms with van der Waals surface area (Å²) in [6.45, 7) is 0. The lowest BCUT2D eigenvalue weighted by Gasteiger charge is -2.51. The Morgan fingerprint density at radius 3 is 0.281 bits per heavy atom. The van der Waals surface area contributed by atoms with E-state index in [0.717, 1.165) is 17.7 Å². The highest BCUT2D eigenvalue weighted by Crippen LogP contribution is 2.65. The molecule has 344 valence electrons. The van der Waals surface area contributed by atoms with Crippen molar-refractivity contribution in [1.82, 2.24) is 0 Å². The fourth-order valence-electron chi connectivity index (χ4n) is 3.50. The van der Waals surface area contributed by atoms with E-state index in [0.29, 0.717) is 0 Å². The Bertz CT molecular complexity index is 1020. The Labute approximate surface area is 283 Å². The average Bonchev–Trinajstić information content (AvgIpc) is 2.77. The zero-order valence-electron chi connectivity index (χ0n) is 23.7. The van der Waals surface area contributed by atoms with Crippen molar-refractivity contribution in [1.29, 1.82) is 0 Å². The van der Waals surface area contributed by atoms with Crippen molar-refractivity contribution in [3.8, 4) is 0 Å². The topological polar surface area (TPSA) is 36.9 Å². The molecule has 0 spiro atoms. The van der Waals surface area contributed by atoms with E-state index in [1.807, 2.05) is 0 Å². The first-order valence-corrected chi connectivity index (χ1v) is 13.1. The number of hydrogen-bond donors (Lipinski definition) is 0. The monoisotopic (exact) mass is 968 g/mol. The van der Waals surface area contributed by atoms with Crippen molar-refractivity contribution in [3.05, 3.63) is 0 Å². The van der Waals surface area contributed by atoms with Gasteiger partial charge in [0.05, 0.1) is 0 Å². The molecule has 0 saturated carbocycles. The summed E-state index contributed by atoms with van der Waals surface area (Å²) in [6.07, 6.45) is -116. The molecular weight excluding hydrogens is 968 g/mol. The highest BCUT2D eigenvalue weighted by atomic mass is 28.4. The summed E-state index contributed by atoms with van der Waals surface area (Å²) in [7, 11) is -13.3. The van der Waals surface area contributed by atoms with Crippen LogP contribution in [0.2, 0.25) is 0 Å². The van der Waals surface area contributed by atoms with Crippen molar-refractivity contribution in [2.75, 3.05) is 0 Å². The summed E-state index contributed by atoms with van der Waals surface area (Å²) in [4.78, 5) is 0. The molecule has 0 fully saturated rings. The fraction of sp³-hybridized carbons (Fsp3) is 1.00. The summed E-state index contributed by atoms with van der Waals surface area (Å²) < 4.78 is 493. The fourth-order valence-corrected chi connectivity index (χ4v) is 6.64. The van der Waals surface area contributed by atoms with Crippen LogP contribution in [0.3, 0.4) is 0 Å². The van der Waals surface area contributed by atoms with Crippen molar-refractivity contribution in [2.24, 2.45) is 0 Å². The quantitative estimate of drug-likeness (QED) is 0.179. The molecule has 41 heteroatoms. The normalized spacial score (nSPS) is 17.1. The van der Waals surface area contributed by atoms with Crippen molar-refractivity contribution < 1.29 is 176 Å². The number of halogens is 36. The molecule has 57 heavy (non-hydrogen) atoms. The van der Waals surface area contributed by atoms with Crippen molar-refractivity contribution >= 4 is 9.05 Å². The largest absolute Gasteiger partial charge is 0.684 e. The van der Waals surface area contributed by atoms with Gasteiger partial charge in [-0.2, -0.15) is 158 Å². The van der Waals surface area contributed by atoms with Gasteiger partial charge >= 0.3 is 106 Å². The molecule has 0 aliphatic carbocycles. The van der Waals surface area contributed by atoms with Crippen LogP contribution in [0.25, 0.3) is 0 Å². The van der Waals surface area contributed by atoms with Crippen LogP contribution in [0, 0.1) is 0 Å².